The molecule has 6 aromatic rings. The van der Waals surface area contributed by atoms with Crippen LogP contribution in [0.4, 0.5) is 46.5 Å². The van der Waals surface area contributed by atoms with Crippen LogP contribution in [0.1, 0.15) is 11.1 Å². The van der Waals surface area contributed by atoms with Crippen LogP contribution in [0, 0.1) is 0 Å². The standard InChI is InChI=1S/C40H36N12O20S4/c53-31(54)17-51(18-32(55)56)39-47-35(41-23-7-11-27(12-8-23)73(61,62)63)45-37(49-39)43-25-5-3-21(29(15-25)75(67,68)69)1-2-22-4-6-26(16-30(22)76(70,71)72)44-38-46-36(42-24-9-13-28(14-10-24)74(64,65)66)48-40(50-38)52(19-33(57)58)20-34(59)60/h1-16H,17-20H2,(H,53,54)(H,55,56)(H,57,58)(H,59,60)(H,61,62,63)(H,64,65,66)(H,67,68,69)(H,70,71,72)(H2,41,43,45,47,49)(H2,42,44,46,48,50). The third-order valence-corrected chi connectivity index (χ3v) is 13.0. The number of aromatic nitrogens is 6. The first kappa shape index (κ1) is 56.3. The number of nitrogens with zero attached hydrogens (tertiary/aromatic N) is 8. The average Bonchev–Trinajstić information content (AvgIpc) is 3.29. The lowest BCUT2D eigenvalue weighted by atomic mass is 10.1. The minimum atomic E-state index is -5.17. The average molecular weight is 1130 g/mol. The van der Waals surface area contributed by atoms with Gasteiger partial charge in [0, 0.05) is 11.4 Å². The Morgan fingerprint density at radius 3 is 1.07 bits per heavy atom. The van der Waals surface area contributed by atoms with Crippen molar-refractivity contribution in [3.05, 3.63) is 107 Å². The van der Waals surface area contributed by atoms with Gasteiger partial charge in [-0.3, -0.25) is 47.4 Å². The fourth-order valence-corrected chi connectivity index (χ4v) is 8.72. The largest absolute Gasteiger partial charge is 0.480 e. The van der Waals surface area contributed by atoms with E-state index in [4.69, 9.17) is 0 Å². The van der Waals surface area contributed by atoms with E-state index in [2.05, 4.69) is 50.5 Å². The molecule has 0 saturated heterocycles. The number of carboxylic acid groups (broad SMARTS) is 4. The van der Waals surface area contributed by atoms with Crippen LogP contribution in [0.3, 0.4) is 0 Å². The van der Waals surface area contributed by atoms with Crippen molar-refractivity contribution in [3.63, 3.8) is 0 Å². The quantitative estimate of drug-likeness (QED) is 0.0333. The van der Waals surface area contributed by atoms with Gasteiger partial charge in [0.25, 0.3) is 40.5 Å². The topological polar surface area (TPSA) is 505 Å². The van der Waals surface area contributed by atoms with E-state index in [-0.39, 0.29) is 33.9 Å². The van der Waals surface area contributed by atoms with Crippen LogP contribution in [0.5, 0.6) is 0 Å². The summed E-state index contributed by atoms with van der Waals surface area (Å²) in [6.07, 6.45) is 2.02. The highest BCUT2D eigenvalue weighted by Gasteiger charge is 2.22. The van der Waals surface area contributed by atoms with Gasteiger partial charge in [-0.2, -0.15) is 53.6 Å². The van der Waals surface area contributed by atoms with Crippen LogP contribution in [-0.4, -0.2) is 152 Å². The monoisotopic (exact) mass is 1130 g/mol. The van der Waals surface area contributed by atoms with Crippen molar-refractivity contribution >= 4 is 123 Å². The van der Waals surface area contributed by atoms with Crippen molar-refractivity contribution in [2.45, 2.75) is 19.6 Å². The number of H-pyrrole nitrogens is 2. The summed E-state index contributed by atoms with van der Waals surface area (Å²) in [4.78, 5) is 75.4. The summed E-state index contributed by atoms with van der Waals surface area (Å²) in [5, 5.41) is 43.2. The molecule has 2 aromatic heterocycles. The van der Waals surface area contributed by atoms with Crippen LogP contribution in [0.2, 0.25) is 0 Å². The zero-order valence-corrected chi connectivity index (χ0v) is 41.0. The molecule has 0 radical (unpaired) electrons. The highest BCUT2D eigenvalue weighted by atomic mass is 32.2. The summed E-state index contributed by atoms with van der Waals surface area (Å²) in [6, 6.07) is 14.9. The van der Waals surface area contributed by atoms with Crippen molar-refractivity contribution in [1.82, 2.24) is 29.9 Å². The number of rotatable bonds is 22. The maximum Gasteiger partial charge on any atom is 0.323 e. The van der Waals surface area contributed by atoms with E-state index in [1.54, 1.807) is 0 Å². The molecule has 0 spiro atoms. The molecule has 4 aromatic carbocycles. The fourth-order valence-electron chi connectivity index (χ4n) is 6.35. The molecular formula is C40H36N12O20S4. The van der Waals surface area contributed by atoms with Gasteiger partial charge in [0.2, 0.25) is 35.0 Å². The summed E-state index contributed by atoms with van der Waals surface area (Å²) in [7, 11) is -19.5. The van der Waals surface area contributed by atoms with E-state index < -0.39 is 145 Å². The number of anilines is 6. The first-order valence-electron chi connectivity index (χ1n) is 20.4. The Labute approximate surface area is 426 Å². The van der Waals surface area contributed by atoms with Crippen molar-refractivity contribution in [2.75, 3.05) is 46.6 Å². The molecule has 0 fully saturated rings. The Bertz CT molecular complexity index is 3640. The molecule has 0 bridgehead atoms. The van der Waals surface area contributed by atoms with Crippen molar-refractivity contribution in [3.8, 4) is 0 Å². The summed E-state index contributed by atoms with van der Waals surface area (Å²) in [5.41, 5.74) is -1.96. The Hall–Kier alpha value is -9.04. The van der Waals surface area contributed by atoms with Gasteiger partial charge in [0.1, 0.15) is 36.0 Å². The minimum absolute atomic E-state index is 0.0959. The predicted molar refractivity (Wildman–Crippen MR) is 259 cm³/mol. The smallest absolute Gasteiger partial charge is 0.323 e. The Morgan fingerprint density at radius 2 is 0.789 bits per heavy atom. The van der Waals surface area contributed by atoms with E-state index in [1.807, 2.05) is 0 Å². The lowest BCUT2D eigenvalue weighted by Gasteiger charge is -2.19. The Balaban J connectivity index is 1.41. The third kappa shape index (κ3) is 15.7. The van der Waals surface area contributed by atoms with Gasteiger partial charge in [0.05, 0.1) is 21.2 Å². The molecule has 0 aliphatic rings. The van der Waals surface area contributed by atoms with E-state index in [0.29, 0.717) is 0 Å². The van der Waals surface area contributed by atoms with Crippen LogP contribution in [-0.2, 0) is 59.7 Å². The number of carbonyl (C=O) groups is 4. The SMILES string of the molecule is O=C(O)CN(CC(=O)O)c1nc(Nc2ccc(S(=O)(=O)O)cc2)nc(=Nc2ccc(C=Cc3ccc(N=c4nc(Nc5ccc(S(=O)(=O)O)cc5)nc(N(CC(=O)O)CC(=O)O)[nH]4)cc3S(=O)(=O)O)c(S(=O)(=O)O)c2)[nH]1. The van der Waals surface area contributed by atoms with Crippen molar-refractivity contribution in [2.24, 2.45) is 9.98 Å². The van der Waals surface area contributed by atoms with Crippen molar-refractivity contribution in [1.29, 1.82) is 0 Å². The molecule has 0 aliphatic carbocycles. The van der Waals surface area contributed by atoms with Crippen molar-refractivity contribution < 1.29 is 91.5 Å². The second kappa shape index (κ2) is 22.6. The molecule has 0 aliphatic heterocycles. The van der Waals surface area contributed by atoms with Gasteiger partial charge in [0.15, 0.2) is 0 Å². The molecule has 36 heteroatoms. The van der Waals surface area contributed by atoms with Crippen LogP contribution in [0.25, 0.3) is 12.2 Å². The molecule has 400 valence electrons. The summed E-state index contributed by atoms with van der Waals surface area (Å²) in [5.74, 6) is -7.69. The lowest BCUT2D eigenvalue weighted by Crippen LogP contribution is -2.37. The molecule has 0 saturated carbocycles. The minimum Gasteiger partial charge on any atom is -0.480 e. The van der Waals surface area contributed by atoms with Crippen LogP contribution in [0.15, 0.2) is 114 Å². The lowest BCUT2D eigenvalue weighted by molar-refractivity contribution is -0.138. The molecule has 76 heavy (non-hydrogen) atoms. The summed E-state index contributed by atoms with van der Waals surface area (Å²) >= 11 is 0. The second-order valence-corrected chi connectivity index (χ2v) is 20.7. The molecule has 0 amide bonds. The van der Waals surface area contributed by atoms with E-state index in [0.717, 1.165) is 70.5 Å². The fraction of sp³-hybridized carbons (Fsp3) is 0.100. The van der Waals surface area contributed by atoms with Gasteiger partial charge >= 0.3 is 23.9 Å². The van der Waals surface area contributed by atoms with Gasteiger partial charge in [-0.05, 0) is 83.9 Å². The van der Waals surface area contributed by atoms with Crippen LogP contribution >= 0.6 is 0 Å². The maximum atomic E-state index is 12.8. The number of aliphatic carboxylic acids is 4. The number of aromatic amines is 2. The first-order chi connectivity index (χ1) is 35.4. The zero-order chi connectivity index (χ0) is 55.9. The summed E-state index contributed by atoms with van der Waals surface area (Å²) < 4.78 is 136. The Morgan fingerprint density at radius 1 is 0.474 bits per heavy atom. The molecule has 0 atom stereocenters. The molecule has 2 heterocycles. The third-order valence-electron chi connectivity index (χ3n) is 9.48. The van der Waals surface area contributed by atoms with Gasteiger partial charge in [-0.15, -0.1) is 0 Å². The molecule has 6 rings (SSSR count). The van der Waals surface area contributed by atoms with E-state index >= 15 is 0 Å². The maximum absolute atomic E-state index is 12.8. The number of hydrogen-bond donors (Lipinski definition) is 12. The normalized spacial score (nSPS) is 12.6. The van der Waals surface area contributed by atoms with E-state index in [1.165, 1.54) is 36.4 Å². The van der Waals surface area contributed by atoms with Crippen LogP contribution < -0.4 is 31.7 Å². The molecule has 0 unspecified atom stereocenters. The predicted octanol–water partition coefficient (Wildman–Crippen LogP) is 0.983. The molecule has 12 N–H and O–H groups in total. The number of nitrogens with one attached hydrogen (secondary N) is 4. The Kier molecular flexibility index (Phi) is 16.7. The van der Waals surface area contributed by atoms with E-state index in [9.17, 15) is 91.5 Å². The highest BCUT2D eigenvalue weighted by Crippen LogP contribution is 2.28. The number of carboxylic acids is 4. The highest BCUT2D eigenvalue weighted by molar-refractivity contribution is 7.86. The van der Waals surface area contributed by atoms with Gasteiger partial charge in [-0.1, -0.05) is 24.3 Å². The number of hydrogen-bond acceptors (Lipinski definition) is 22. The molecular weight excluding hydrogens is 1100 g/mol. The van der Waals surface area contributed by atoms with Gasteiger partial charge in [-0.25, -0.2) is 9.98 Å². The zero-order valence-electron chi connectivity index (χ0n) is 37.8. The number of benzene rings is 4. The second-order valence-electron chi connectivity index (χ2n) is 15.1. The first-order valence-corrected chi connectivity index (χ1v) is 26.2. The van der Waals surface area contributed by atoms with Gasteiger partial charge < -0.3 is 40.9 Å². The molecule has 32 nitrogen and oxygen atoms in total. The summed E-state index contributed by atoms with van der Waals surface area (Å²) in [6.45, 7) is -3.72.